The number of para-hydroxylation sites is 1. The maximum Gasteiger partial charge on any atom is 0.274 e. The van der Waals surface area contributed by atoms with Crippen molar-refractivity contribution in [1.29, 1.82) is 0 Å². The van der Waals surface area contributed by atoms with E-state index in [-0.39, 0.29) is 6.10 Å². The molecule has 2 aromatic rings. The summed E-state index contributed by atoms with van der Waals surface area (Å²) in [6.07, 6.45) is 9.17. The number of carbonyl (C=O) groups is 1. The van der Waals surface area contributed by atoms with Crippen LogP contribution in [0.3, 0.4) is 0 Å². The molecule has 2 fully saturated rings. The third-order valence-electron chi connectivity index (χ3n) is 5.58. The van der Waals surface area contributed by atoms with Crippen LogP contribution in [0.15, 0.2) is 24.3 Å². The molecule has 4 nitrogen and oxygen atoms in total. The molecule has 25 heavy (non-hydrogen) atoms. The summed E-state index contributed by atoms with van der Waals surface area (Å²) in [7, 11) is 0. The maximum atomic E-state index is 12.4. The van der Waals surface area contributed by atoms with Gasteiger partial charge in [0, 0.05) is 32.4 Å². The Bertz CT molecular complexity index is 682. The molecule has 0 radical (unpaired) electrons. The first-order chi connectivity index (χ1) is 12.3. The molecule has 1 amide bonds. The zero-order valence-corrected chi connectivity index (χ0v) is 15.5. The Balaban J connectivity index is 1.24. The van der Waals surface area contributed by atoms with E-state index in [0.717, 1.165) is 60.1 Å². The van der Waals surface area contributed by atoms with Crippen molar-refractivity contribution in [3.63, 3.8) is 0 Å². The average molecular weight is 359 g/mol. The summed E-state index contributed by atoms with van der Waals surface area (Å²) in [5, 5.41) is 0.757. The van der Waals surface area contributed by atoms with Gasteiger partial charge in [-0.1, -0.05) is 49.2 Å². The summed E-state index contributed by atoms with van der Waals surface area (Å²) in [5.74, 6) is 1.13. The maximum absolute atomic E-state index is 12.4. The highest BCUT2D eigenvalue weighted by molar-refractivity contribution is 7.20. The van der Waals surface area contributed by atoms with E-state index in [1.807, 2.05) is 23.1 Å². The van der Waals surface area contributed by atoms with Crippen LogP contribution < -0.4 is 4.74 Å². The summed E-state index contributed by atoms with van der Waals surface area (Å²) in [5.41, 5.74) is 1.00. The molecular weight excluding hydrogens is 332 g/mol. The van der Waals surface area contributed by atoms with Gasteiger partial charge in [-0.3, -0.25) is 4.79 Å². The van der Waals surface area contributed by atoms with Gasteiger partial charge in [0.1, 0.15) is 6.10 Å². The first-order valence-electron chi connectivity index (χ1n) is 9.58. The molecular formula is C20H26N2O2S. The molecule has 0 N–H and O–H groups in total. The molecule has 2 heterocycles. The molecule has 1 aromatic carbocycles. The van der Waals surface area contributed by atoms with Crippen LogP contribution in [-0.2, 0) is 4.79 Å². The van der Waals surface area contributed by atoms with E-state index in [9.17, 15) is 4.79 Å². The molecule has 2 aliphatic rings. The number of likely N-dealkylation sites (tertiary alicyclic amines) is 1. The largest absolute Gasteiger partial charge is 0.467 e. The number of thiazole rings is 1. The molecule has 0 spiro atoms. The Kier molecular flexibility index (Phi) is 5.20. The van der Waals surface area contributed by atoms with E-state index in [1.165, 1.54) is 25.7 Å². The van der Waals surface area contributed by atoms with Gasteiger partial charge in [-0.15, -0.1) is 0 Å². The standard InChI is InChI=1S/C20H26N2O2S/c23-19(10-9-15-5-1-2-6-15)22-13-11-16(12-14-22)24-20-21-17-7-3-4-8-18(17)25-20/h3-4,7-8,15-16H,1-2,5-6,9-14H2. The van der Waals surface area contributed by atoms with Crippen molar-refractivity contribution >= 4 is 27.5 Å². The van der Waals surface area contributed by atoms with Crippen LogP contribution in [0.5, 0.6) is 5.19 Å². The van der Waals surface area contributed by atoms with Gasteiger partial charge in [-0.2, -0.15) is 0 Å². The third kappa shape index (κ3) is 4.14. The van der Waals surface area contributed by atoms with Crippen LogP contribution in [0, 0.1) is 5.92 Å². The van der Waals surface area contributed by atoms with Gasteiger partial charge >= 0.3 is 0 Å². The van der Waals surface area contributed by atoms with E-state index < -0.39 is 0 Å². The number of rotatable bonds is 5. The van der Waals surface area contributed by atoms with Gasteiger partial charge in [0.05, 0.1) is 10.2 Å². The van der Waals surface area contributed by atoms with Crippen LogP contribution in [0.2, 0.25) is 0 Å². The van der Waals surface area contributed by atoms with Crippen molar-refractivity contribution in [2.45, 2.75) is 57.5 Å². The van der Waals surface area contributed by atoms with Gasteiger partial charge in [-0.05, 0) is 24.5 Å². The van der Waals surface area contributed by atoms with Crippen molar-refractivity contribution in [3.8, 4) is 5.19 Å². The second-order valence-corrected chi connectivity index (χ2v) is 8.33. The molecule has 1 aromatic heterocycles. The van der Waals surface area contributed by atoms with E-state index >= 15 is 0 Å². The number of ether oxygens (including phenoxy) is 1. The van der Waals surface area contributed by atoms with Crippen molar-refractivity contribution in [2.24, 2.45) is 5.92 Å². The number of nitrogens with zero attached hydrogens (tertiary/aromatic N) is 2. The fraction of sp³-hybridized carbons (Fsp3) is 0.600. The number of hydrogen-bond donors (Lipinski definition) is 0. The number of hydrogen-bond acceptors (Lipinski definition) is 4. The van der Waals surface area contributed by atoms with E-state index in [4.69, 9.17) is 4.74 Å². The van der Waals surface area contributed by atoms with Crippen LogP contribution in [0.4, 0.5) is 0 Å². The van der Waals surface area contributed by atoms with Crippen molar-refractivity contribution < 1.29 is 9.53 Å². The van der Waals surface area contributed by atoms with Gasteiger partial charge in [-0.25, -0.2) is 4.98 Å². The molecule has 1 saturated carbocycles. The number of amides is 1. The van der Waals surface area contributed by atoms with Crippen molar-refractivity contribution in [3.05, 3.63) is 24.3 Å². The van der Waals surface area contributed by atoms with E-state index in [2.05, 4.69) is 11.1 Å². The third-order valence-corrected chi connectivity index (χ3v) is 6.50. The van der Waals surface area contributed by atoms with E-state index in [1.54, 1.807) is 11.3 Å². The lowest BCUT2D eigenvalue weighted by molar-refractivity contribution is -0.133. The highest BCUT2D eigenvalue weighted by atomic mass is 32.1. The smallest absolute Gasteiger partial charge is 0.274 e. The molecule has 5 heteroatoms. The minimum atomic E-state index is 0.180. The normalized spacial score (nSPS) is 19.6. The second kappa shape index (κ2) is 7.73. The van der Waals surface area contributed by atoms with Crippen molar-refractivity contribution in [1.82, 2.24) is 9.88 Å². The van der Waals surface area contributed by atoms with Gasteiger partial charge < -0.3 is 9.64 Å². The Morgan fingerprint density at radius 1 is 1.16 bits per heavy atom. The van der Waals surface area contributed by atoms with Gasteiger partial charge in [0.2, 0.25) is 5.91 Å². The quantitative estimate of drug-likeness (QED) is 0.782. The Labute approximate surface area is 153 Å². The lowest BCUT2D eigenvalue weighted by Gasteiger charge is -2.32. The van der Waals surface area contributed by atoms with Crippen LogP contribution >= 0.6 is 11.3 Å². The summed E-state index contributed by atoms with van der Waals surface area (Å²) in [6.45, 7) is 1.64. The molecule has 0 unspecified atom stereocenters. The average Bonchev–Trinajstić information content (AvgIpc) is 3.29. The topological polar surface area (TPSA) is 42.4 Å². The predicted octanol–water partition coefficient (Wildman–Crippen LogP) is 4.64. The number of aromatic nitrogens is 1. The SMILES string of the molecule is O=C(CCC1CCCC1)N1CCC(Oc2nc3ccccc3s2)CC1. The highest BCUT2D eigenvalue weighted by Crippen LogP contribution is 2.30. The fourth-order valence-electron chi connectivity index (χ4n) is 4.05. The number of fused-ring (bicyclic) bond motifs is 1. The van der Waals surface area contributed by atoms with Gasteiger partial charge in [0.15, 0.2) is 0 Å². The van der Waals surface area contributed by atoms with Crippen LogP contribution in [0.1, 0.15) is 51.4 Å². The molecule has 1 aliphatic carbocycles. The van der Waals surface area contributed by atoms with Crippen LogP contribution in [-0.4, -0.2) is 35.0 Å². The molecule has 0 bridgehead atoms. The molecule has 0 atom stereocenters. The summed E-state index contributed by atoms with van der Waals surface area (Å²) >= 11 is 1.61. The Hall–Kier alpha value is -1.62. The summed E-state index contributed by atoms with van der Waals surface area (Å²) < 4.78 is 7.24. The summed E-state index contributed by atoms with van der Waals surface area (Å²) in [4.78, 5) is 19.0. The minimum Gasteiger partial charge on any atom is -0.467 e. The highest BCUT2D eigenvalue weighted by Gasteiger charge is 2.25. The zero-order chi connectivity index (χ0) is 17.1. The first-order valence-corrected chi connectivity index (χ1v) is 10.4. The van der Waals surface area contributed by atoms with Crippen molar-refractivity contribution in [2.75, 3.05) is 13.1 Å². The summed E-state index contributed by atoms with van der Waals surface area (Å²) in [6, 6.07) is 8.12. The lowest BCUT2D eigenvalue weighted by atomic mass is 10.0. The van der Waals surface area contributed by atoms with Gasteiger partial charge in [0.25, 0.3) is 5.19 Å². The number of benzene rings is 1. The molecule has 1 saturated heterocycles. The molecule has 134 valence electrons. The minimum absolute atomic E-state index is 0.180. The van der Waals surface area contributed by atoms with E-state index in [0.29, 0.717) is 5.91 Å². The number of piperidine rings is 1. The Morgan fingerprint density at radius 3 is 2.68 bits per heavy atom. The lowest BCUT2D eigenvalue weighted by Crippen LogP contribution is -2.41. The zero-order valence-electron chi connectivity index (χ0n) is 14.7. The molecule has 4 rings (SSSR count). The monoisotopic (exact) mass is 358 g/mol. The second-order valence-electron chi connectivity index (χ2n) is 7.33. The molecule has 1 aliphatic heterocycles. The number of carbonyl (C=O) groups excluding carboxylic acids is 1. The fourth-order valence-corrected chi connectivity index (χ4v) is 4.93. The first kappa shape index (κ1) is 16.8. The van der Waals surface area contributed by atoms with Crippen LogP contribution in [0.25, 0.3) is 10.2 Å². The Morgan fingerprint density at radius 2 is 1.92 bits per heavy atom. The predicted molar refractivity (Wildman–Crippen MR) is 101 cm³/mol.